The van der Waals surface area contributed by atoms with Crippen molar-refractivity contribution in [3.05, 3.63) is 74.7 Å². The molecule has 0 atom stereocenters. The summed E-state index contributed by atoms with van der Waals surface area (Å²) in [5.41, 5.74) is 1.63. The molecule has 0 aliphatic rings. The average molecular weight is 754 g/mol. The van der Waals surface area contributed by atoms with Crippen LogP contribution in [0.3, 0.4) is 0 Å². The van der Waals surface area contributed by atoms with Crippen LogP contribution in [0.25, 0.3) is 0 Å². The van der Waals surface area contributed by atoms with E-state index in [0.717, 1.165) is 45.5 Å². The Balaban J connectivity index is 1.10. The van der Waals surface area contributed by atoms with Crippen molar-refractivity contribution < 1.29 is 28.7 Å². The molecule has 0 bridgehead atoms. The Morgan fingerprint density at radius 2 is 1.08 bits per heavy atom. The van der Waals surface area contributed by atoms with Gasteiger partial charge in [-0.05, 0) is 88.4 Å². The van der Waals surface area contributed by atoms with E-state index in [1.165, 1.54) is 22.7 Å². The van der Waals surface area contributed by atoms with Gasteiger partial charge in [-0.1, -0.05) is 35.6 Å². The molecular formula is C35H43N7O6S3. The van der Waals surface area contributed by atoms with Gasteiger partial charge in [0.1, 0.15) is 32.0 Å². The third-order valence-corrected chi connectivity index (χ3v) is 9.32. The van der Waals surface area contributed by atoms with Gasteiger partial charge in [0.05, 0.1) is 12.8 Å². The van der Waals surface area contributed by atoms with E-state index < -0.39 is 23.4 Å². The first-order chi connectivity index (χ1) is 24.1. The molecule has 3 N–H and O–H groups in total. The number of benzene rings is 2. The first-order valence-electron chi connectivity index (χ1n) is 16.3. The number of carbonyl (C=O) groups excluding carboxylic acids is 4. The highest BCUT2D eigenvalue weighted by Crippen LogP contribution is 2.20. The predicted molar refractivity (Wildman–Crippen MR) is 202 cm³/mol. The molecule has 0 saturated heterocycles. The number of nitrogens with one attached hydrogen (secondary N) is 3. The second-order valence-electron chi connectivity index (χ2n) is 13.5. The van der Waals surface area contributed by atoms with Crippen molar-refractivity contribution in [2.45, 2.75) is 84.8 Å². The summed E-state index contributed by atoms with van der Waals surface area (Å²) in [5.74, 6) is 1.51. The summed E-state index contributed by atoms with van der Waals surface area (Å²) in [6, 6.07) is 14.1. The molecule has 0 fully saturated rings. The quantitative estimate of drug-likeness (QED) is 0.105. The van der Waals surface area contributed by atoms with Crippen LogP contribution in [-0.4, -0.2) is 67.0 Å². The molecular weight excluding hydrogens is 711 g/mol. The zero-order valence-electron chi connectivity index (χ0n) is 29.5. The van der Waals surface area contributed by atoms with Crippen LogP contribution in [0.5, 0.6) is 0 Å². The van der Waals surface area contributed by atoms with Gasteiger partial charge in [0.15, 0.2) is 0 Å². The van der Waals surface area contributed by atoms with Crippen LogP contribution in [0.4, 0.5) is 26.1 Å². The van der Waals surface area contributed by atoms with Crippen LogP contribution in [0.1, 0.15) is 67.7 Å². The maximum Gasteiger partial charge on any atom is 0.412 e. The van der Waals surface area contributed by atoms with Crippen molar-refractivity contribution in [2.75, 3.05) is 27.5 Å². The van der Waals surface area contributed by atoms with E-state index >= 15 is 0 Å². The minimum absolute atomic E-state index is 0.0379. The third-order valence-electron chi connectivity index (χ3n) is 6.46. The Kier molecular flexibility index (Phi) is 14.0. The number of ketones is 1. The molecule has 0 unspecified atom stereocenters. The monoisotopic (exact) mass is 753 g/mol. The molecule has 4 aromatic rings. The van der Waals surface area contributed by atoms with Gasteiger partial charge in [-0.25, -0.2) is 9.59 Å². The third kappa shape index (κ3) is 15.2. The van der Waals surface area contributed by atoms with Crippen LogP contribution in [0, 0.1) is 0 Å². The lowest BCUT2D eigenvalue weighted by Crippen LogP contribution is -2.27. The minimum atomic E-state index is -0.591. The summed E-state index contributed by atoms with van der Waals surface area (Å²) in [6.07, 6.45) is 1.04. The van der Waals surface area contributed by atoms with Gasteiger partial charge in [0.25, 0.3) is 0 Å². The van der Waals surface area contributed by atoms with Gasteiger partial charge < -0.3 is 14.8 Å². The molecule has 13 nitrogen and oxygen atoms in total. The smallest absolute Gasteiger partial charge is 0.412 e. The fourth-order valence-corrected chi connectivity index (χ4v) is 7.12. The van der Waals surface area contributed by atoms with Crippen molar-refractivity contribution in [1.82, 2.24) is 20.4 Å². The number of ether oxygens (including phenoxy) is 2. The van der Waals surface area contributed by atoms with Crippen LogP contribution in [0.15, 0.2) is 48.5 Å². The molecule has 0 aliphatic carbocycles. The number of rotatable bonds is 15. The maximum atomic E-state index is 12.7. The summed E-state index contributed by atoms with van der Waals surface area (Å²) in [5, 5.41) is 27.8. The molecule has 272 valence electrons. The van der Waals surface area contributed by atoms with Crippen molar-refractivity contribution in [2.24, 2.45) is 0 Å². The number of amides is 3. The van der Waals surface area contributed by atoms with Crippen LogP contribution in [-0.2, 0) is 51.2 Å². The number of nitrogens with zero attached hydrogens (tertiary/aromatic N) is 4. The normalized spacial score (nSPS) is 11.5. The molecule has 2 aromatic heterocycles. The number of Topliss-reactive ketones (excluding diaryl/α,β-unsaturated/α-hetero) is 1. The average Bonchev–Trinajstić information content (AvgIpc) is 3.66. The van der Waals surface area contributed by atoms with Gasteiger partial charge in [-0.3, -0.25) is 20.2 Å². The summed E-state index contributed by atoms with van der Waals surface area (Å²) < 4.78 is 10.5. The Bertz CT molecular complexity index is 1650. The molecule has 0 spiro atoms. The Morgan fingerprint density at radius 3 is 1.61 bits per heavy atom. The van der Waals surface area contributed by atoms with Gasteiger partial charge in [-0.2, -0.15) is 11.8 Å². The van der Waals surface area contributed by atoms with E-state index in [0.29, 0.717) is 21.5 Å². The highest BCUT2D eigenvalue weighted by Gasteiger charge is 2.18. The lowest BCUT2D eigenvalue weighted by molar-refractivity contribution is -0.118. The van der Waals surface area contributed by atoms with Crippen molar-refractivity contribution in [1.29, 1.82) is 0 Å². The molecule has 0 aliphatic heterocycles. The van der Waals surface area contributed by atoms with Crippen molar-refractivity contribution in [3.8, 4) is 0 Å². The number of aryl methyl sites for hydroxylation is 2. The fraction of sp³-hybridized carbons (Fsp3) is 0.429. The number of anilines is 3. The molecule has 16 heteroatoms. The van der Waals surface area contributed by atoms with E-state index in [1.807, 2.05) is 12.1 Å². The summed E-state index contributed by atoms with van der Waals surface area (Å²) in [7, 11) is 0. The number of aromatic nitrogens is 4. The van der Waals surface area contributed by atoms with E-state index in [1.54, 1.807) is 89.7 Å². The molecule has 2 aromatic carbocycles. The largest absolute Gasteiger partial charge is 0.444 e. The Labute approximate surface area is 309 Å². The molecule has 0 radical (unpaired) electrons. The zero-order valence-corrected chi connectivity index (χ0v) is 32.0. The number of carbonyl (C=O) groups is 4. The first-order valence-corrected chi connectivity index (χ1v) is 19.1. The second kappa shape index (κ2) is 18.2. The van der Waals surface area contributed by atoms with E-state index in [-0.39, 0.29) is 31.0 Å². The van der Waals surface area contributed by atoms with Crippen LogP contribution >= 0.6 is 34.4 Å². The molecule has 2 heterocycles. The van der Waals surface area contributed by atoms with Crippen LogP contribution < -0.4 is 16.0 Å². The number of hydrogen-bond donors (Lipinski definition) is 3. The fourth-order valence-electron chi connectivity index (χ4n) is 4.35. The molecule has 51 heavy (non-hydrogen) atoms. The van der Waals surface area contributed by atoms with Gasteiger partial charge in [-0.15, -0.1) is 31.7 Å². The van der Waals surface area contributed by atoms with E-state index in [9.17, 15) is 19.2 Å². The lowest BCUT2D eigenvalue weighted by Gasteiger charge is -2.19. The minimum Gasteiger partial charge on any atom is -0.444 e. The number of hydrogen-bond acceptors (Lipinski definition) is 13. The number of thioether (sulfide) groups is 1. The Hall–Kier alpha value is -4.41. The summed E-state index contributed by atoms with van der Waals surface area (Å²) in [6.45, 7) is 10.8. The highest BCUT2D eigenvalue weighted by atomic mass is 32.2. The second-order valence-corrected chi connectivity index (χ2v) is 16.9. The van der Waals surface area contributed by atoms with E-state index in [2.05, 4.69) is 36.3 Å². The van der Waals surface area contributed by atoms with Gasteiger partial charge >= 0.3 is 12.2 Å². The van der Waals surface area contributed by atoms with Crippen molar-refractivity contribution in [3.63, 3.8) is 0 Å². The molecule has 0 saturated carbocycles. The Morgan fingerprint density at radius 1 is 0.608 bits per heavy atom. The van der Waals surface area contributed by atoms with Gasteiger partial charge in [0, 0.05) is 30.6 Å². The highest BCUT2D eigenvalue weighted by molar-refractivity contribution is 7.99. The predicted octanol–water partition coefficient (Wildman–Crippen LogP) is 7.14. The van der Waals surface area contributed by atoms with Gasteiger partial charge in [0.2, 0.25) is 11.0 Å². The van der Waals surface area contributed by atoms with E-state index in [4.69, 9.17) is 9.47 Å². The summed E-state index contributed by atoms with van der Waals surface area (Å²) in [4.78, 5) is 49.1. The first kappa shape index (κ1) is 39.4. The van der Waals surface area contributed by atoms with Crippen LogP contribution in [0.2, 0.25) is 0 Å². The molecule has 4 rings (SSSR count). The topological polar surface area (TPSA) is 174 Å². The summed E-state index contributed by atoms with van der Waals surface area (Å²) >= 11 is 4.57. The standard InChI is InChI=1S/C35H43N7O6S3/c1-34(2,3)47-32(45)36-24-11-7-22(8-12-24)19-26(43)21-30-41-39-28(50-30)15-17-49-18-16-29-40-42-31(51-29)38-27(44)20-23-9-13-25(14-10-23)37-33(46)48-35(4,5)6/h7-14H,15-21H2,1-6H3,(H,36,45)(H,37,46)(H,38,42,44). The maximum absolute atomic E-state index is 12.7. The zero-order chi connectivity index (χ0) is 37.0. The lowest BCUT2D eigenvalue weighted by atomic mass is 10.1. The molecule has 3 amide bonds. The SMILES string of the molecule is CC(C)(C)OC(=O)Nc1ccc(CC(=O)Cc2nnc(CCSCCc3nnc(NC(=O)Cc4ccc(NC(=O)OC(C)(C)C)cc4)s3)s2)cc1. The van der Waals surface area contributed by atoms with Crippen molar-refractivity contribution >= 4 is 74.8 Å².